The molecule has 1 aliphatic heterocycles. The van der Waals surface area contributed by atoms with E-state index in [-0.39, 0.29) is 17.7 Å². The van der Waals surface area contributed by atoms with Crippen molar-refractivity contribution in [3.63, 3.8) is 0 Å². The maximum atomic E-state index is 12.6. The maximum absolute atomic E-state index is 12.6. The molecule has 2 aromatic rings. The summed E-state index contributed by atoms with van der Waals surface area (Å²) in [5.41, 5.74) is 0. The molecule has 0 N–H and O–H groups in total. The summed E-state index contributed by atoms with van der Waals surface area (Å²) in [6.07, 6.45) is 3.45. The Morgan fingerprint density at radius 1 is 1.43 bits per heavy atom. The summed E-state index contributed by atoms with van der Waals surface area (Å²) in [5, 5.41) is 8.40. The van der Waals surface area contributed by atoms with Crippen LogP contribution in [0, 0.1) is 5.92 Å². The lowest BCUT2D eigenvalue weighted by atomic mass is 10.2. The Morgan fingerprint density at radius 2 is 2.33 bits per heavy atom. The number of nitrogens with zero attached hydrogens (tertiary/aromatic N) is 4. The first-order valence-corrected chi connectivity index (χ1v) is 7.51. The van der Waals surface area contributed by atoms with Gasteiger partial charge in [-0.3, -0.25) is 4.79 Å². The quantitative estimate of drug-likeness (QED) is 0.859. The van der Waals surface area contributed by atoms with Crippen LogP contribution in [-0.4, -0.2) is 32.1 Å². The van der Waals surface area contributed by atoms with Crippen molar-refractivity contribution in [2.75, 3.05) is 6.54 Å². The number of rotatable bonds is 3. The van der Waals surface area contributed by atoms with E-state index in [1.54, 1.807) is 6.26 Å². The number of furan rings is 1. The summed E-state index contributed by atoms with van der Waals surface area (Å²) in [5.74, 6) is 3.42. The minimum Gasteiger partial charge on any atom is -0.469 e. The van der Waals surface area contributed by atoms with Gasteiger partial charge in [-0.2, -0.15) is 0 Å². The Labute approximate surface area is 122 Å². The molecule has 2 aliphatic rings. The summed E-state index contributed by atoms with van der Waals surface area (Å²) in [6.45, 7) is 4.20. The summed E-state index contributed by atoms with van der Waals surface area (Å²) < 4.78 is 7.54. The van der Waals surface area contributed by atoms with Crippen LogP contribution < -0.4 is 0 Å². The lowest BCUT2D eigenvalue weighted by molar-refractivity contribution is -0.134. The topological polar surface area (TPSA) is 64.2 Å². The van der Waals surface area contributed by atoms with E-state index in [0.717, 1.165) is 43.3 Å². The van der Waals surface area contributed by atoms with Gasteiger partial charge in [0.1, 0.15) is 11.6 Å². The first-order valence-electron chi connectivity index (χ1n) is 7.51. The van der Waals surface area contributed by atoms with Gasteiger partial charge in [0.05, 0.1) is 12.8 Å². The zero-order valence-corrected chi connectivity index (χ0v) is 12.0. The normalized spacial score (nSPS) is 24.0. The minimum absolute atomic E-state index is 0.0799. The fraction of sp³-hybridized carbons (Fsp3) is 0.533. The summed E-state index contributed by atoms with van der Waals surface area (Å²) in [4.78, 5) is 14.5. The minimum atomic E-state index is 0.0799. The second-order valence-corrected chi connectivity index (χ2v) is 5.76. The highest BCUT2D eigenvalue weighted by atomic mass is 16.3. The highest BCUT2D eigenvalue weighted by molar-refractivity contribution is 5.82. The van der Waals surface area contributed by atoms with Crippen LogP contribution in [-0.2, 0) is 24.3 Å². The molecule has 1 fully saturated rings. The van der Waals surface area contributed by atoms with Crippen molar-refractivity contribution >= 4 is 5.91 Å². The molecule has 1 aliphatic carbocycles. The van der Waals surface area contributed by atoms with Gasteiger partial charge in [0.15, 0.2) is 5.82 Å². The van der Waals surface area contributed by atoms with Gasteiger partial charge < -0.3 is 13.9 Å². The highest BCUT2D eigenvalue weighted by Gasteiger charge is 2.48. The Balaban J connectivity index is 1.45. The fourth-order valence-electron chi connectivity index (χ4n) is 3.19. The van der Waals surface area contributed by atoms with Crippen molar-refractivity contribution in [1.82, 2.24) is 19.7 Å². The standard InChI is InChI=1S/C15H18N4O2/c1-2-13-16-17-14-9-18(5-6-19(13)14)15(20)11-8-10(11)12-4-3-7-21-12/h3-4,7,10-11H,2,5-6,8-9H2,1H3. The molecule has 110 valence electrons. The predicted molar refractivity (Wildman–Crippen MR) is 74.4 cm³/mol. The van der Waals surface area contributed by atoms with Crippen LogP contribution in [0.5, 0.6) is 0 Å². The number of carbonyl (C=O) groups excluding carboxylic acids is 1. The van der Waals surface area contributed by atoms with Crippen LogP contribution >= 0.6 is 0 Å². The Kier molecular flexibility index (Phi) is 2.83. The molecule has 1 saturated carbocycles. The molecule has 2 atom stereocenters. The number of hydrogen-bond donors (Lipinski definition) is 0. The van der Waals surface area contributed by atoms with E-state index in [4.69, 9.17) is 4.42 Å². The lowest BCUT2D eigenvalue weighted by Gasteiger charge is -2.28. The Morgan fingerprint density at radius 3 is 3.10 bits per heavy atom. The van der Waals surface area contributed by atoms with Crippen LogP contribution in [0.3, 0.4) is 0 Å². The molecule has 0 aromatic carbocycles. The monoisotopic (exact) mass is 286 g/mol. The van der Waals surface area contributed by atoms with Crippen LogP contribution in [0.4, 0.5) is 0 Å². The van der Waals surface area contributed by atoms with Crippen molar-refractivity contribution in [2.45, 2.75) is 38.8 Å². The molecule has 0 bridgehead atoms. The molecule has 1 amide bonds. The maximum Gasteiger partial charge on any atom is 0.226 e. The van der Waals surface area contributed by atoms with Crippen molar-refractivity contribution in [1.29, 1.82) is 0 Å². The Hall–Kier alpha value is -2.11. The average Bonchev–Trinajstić information content (AvgIpc) is 2.96. The van der Waals surface area contributed by atoms with Crippen LogP contribution in [0.2, 0.25) is 0 Å². The molecule has 0 spiro atoms. The number of hydrogen-bond acceptors (Lipinski definition) is 4. The number of aromatic nitrogens is 3. The van der Waals surface area contributed by atoms with Gasteiger partial charge in [-0.15, -0.1) is 10.2 Å². The van der Waals surface area contributed by atoms with Gasteiger partial charge in [-0.1, -0.05) is 6.92 Å². The zero-order chi connectivity index (χ0) is 14.4. The summed E-state index contributed by atoms with van der Waals surface area (Å²) in [6, 6.07) is 3.84. The molecule has 4 rings (SSSR count). The molecular formula is C15H18N4O2. The molecule has 0 saturated heterocycles. The molecule has 6 heteroatoms. The van der Waals surface area contributed by atoms with E-state index in [1.165, 1.54) is 0 Å². The van der Waals surface area contributed by atoms with Crippen molar-refractivity contribution in [2.24, 2.45) is 5.92 Å². The molecule has 3 heterocycles. The second-order valence-electron chi connectivity index (χ2n) is 5.76. The second kappa shape index (κ2) is 4.72. The third-order valence-electron chi connectivity index (χ3n) is 4.47. The van der Waals surface area contributed by atoms with Gasteiger partial charge in [0, 0.05) is 31.3 Å². The van der Waals surface area contributed by atoms with Crippen LogP contribution in [0.25, 0.3) is 0 Å². The van der Waals surface area contributed by atoms with Crippen LogP contribution in [0.1, 0.15) is 36.7 Å². The smallest absolute Gasteiger partial charge is 0.226 e. The number of carbonyl (C=O) groups is 1. The molecule has 2 unspecified atom stereocenters. The van der Waals surface area contributed by atoms with Crippen LogP contribution in [0.15, 0.2) is 22.8 Å². The van der Waals surface area contributed by atoms with Gasteiger partial charge >= 0.3 is 0 Å². The van der Waals surface area contributed by atoms with Crippen molar-refractivity contribution in [3.8, 4) is 0 Å². The van der Waals surface area contributed by atoms with E-state index in [1.807, 2.05) is 17.0 Å². The van der Waals surface area contributed by atoms with Gasteiger partial charge in [0.25, 0.3) is 0 Å². The SMILES string of the molecule is CCc1nnc2n1CCN(C(=O)C1CC1c1ccco1)C2. The van der Waals surface area contributed by atoms with Crippen molar-refractivity contribution in [3.05, 3.63) is 35.8 Å². The zero-order valence-electron chi connectivity index (χ0n) is 12.0. The fourth-order valence-corrected chi connectivity index (χ4v) is 3.19. The van der Waals surface area contributed by atoms with E-state index in [9.17, 15) is 4.79 Å². The third kappa shape index (κ3) is 2.05. The van der Waals surface area contributed by atoms with E-state index in [2.05, 4.69) is 21.7 Å². The van der Waals surface area contributed by atoms with E-state index < -0.39 is 0 Å². The molecule has 2 aromatic heterocycles. The van der Waals surface area contributed by atoms with E-state index in [0.29, 0.717) is 6.54 Å². The summed E-state index contributed by atoms with van der Waals surface area (Å²) in [7, 11) is 0. The lowest BCUT2D eigenvalue weighted by Crippen LogP contribution is -2.39. The van der Waals surface area contributed by atoms with Crippen molar-refractivity contribution < 1.29 is 9.21 Å². The van der Waals surface area contributed by atoms with E-state index >= 15 is 0 Å². The first kappa shape index (κ1) is 12.6. The number of amides is 1. The van der Waals surface area contributed by atoms with Gasteiger partial charge in [0.2, 0.25) is 5.91 Å². The van der Waals surface area contributed by atoms with Gasteiger partial charge in [-0.25, -0.2) is 0 Å². The average molecular weight is 286 g/mol. The van der Waals surface area contributed by atoms with Gasteiger partial charge in [-0.05, 0) is 18.6 Å². The highest BCUT2D eigenvalue weighted by Crippen LogP contribution is 2.48. The largest absolute Gasteiger partial charge is 0.469 e. The number of aryl methyl sites for hydroxylation is 1. The molecule has 6 nitrogen and oxygen atoms in total. The summed E-state index contributed by atoms with van der Waals surface area (Å²) >= 11 is 0. The number of fused-ring (bicyclic) bond motifs is 1. The molecule has 0 radical (unpaired) electrons. The third-order valence-corrected chi connectivity index (χ3v) is 4.47. The first-order chi connectivity index (χ1) is 10.3. The Bertz CT molecular complexity index is 661. The predicted octanol–water partition coefficient (Wildman–Crippen LogP) is 1.58. The molecule has 21 heavy (non-hydrogen) atoms. The molecular weight excluding hydrogens is 268 g/mol.